The number of methoxy groups -OCH3 is 4. The predicted molar refractivity (Wildman–Crippen MR) is 164 cm³/mol. The van der Waals surface area contributed by atoms with E-state index in [0.717, 1.165) is 24.1 Å². The van der Waals surface area contributed by atoms with Crippen LogP contribution < -0.4 is 23.8 Å². The van der Waals surface area contributed by atoms with Crippen molar-refractivity contribution < 1.29 is 28.5 Å². The molecule has 226 valence electrons. The Morgan fingerprint density at radius 3 is 2.21 bits per heavy atom. The fourth-order valence-electron chi connectivity index (χ4n) is 6.90. The van der Waals surface area contributed by atoms with Crippen molar-refractivity contribution in [3.05, 3.63) is 76.3 Å². The van der Waals surface area contributed by atoms with Crippen molar-refractivity contribution in [1.29, 1.82) is 0 Å². The predicted octanol–water partition coefficient (Wildman–Crippen LogP) is 5.52. The Morgan fingerprint density at radius 1 is 0.837 bits per heavy atom. The van der Waals surface area contributed by atoms with E-state index in [9.17, 15) is 9.59 Å². The van der Waals surface area contributed by atoms with E-state index in [1.165, 1.54) is 10.5 Å². The summed E-state index contributed by atoms with van der Waals surface area (Å²) >= 11 is 6.15. The molecule has 2 saturated heterocycles. The number of benzene rings is 3. The zero-order chi connectivity index (χ0) is 30.3. The second-order valence-corrected chi connectivity index (χ2v) is 11.6. The van der Waals surface area contributed by atoms with Crippen LogP contribution in [-0.4, -0.2) is 75.4 Å². The summed E-state index contributed by atoms with van der Waals surface area (Å²) in [6.07, 6.45) is 2.46. The number of anilines is 1. The molecular weight excluding hydrogens is 570 g/mol. The first kappa shape index (κ1) is 29.1. The topological polar surface area (TPSA) is 80.8 Å². The van der Waals surface area contributed by atoms with Crippen molar-refractivity contribution in [2.75, 3.05) is 53.0 Å². The number of amides is 3. The molecule has 0 bridgehead atoms. The maximum Gasteiger partial charge on any atom is 0.332 e. The van der Waals surface area contributed by atoms with Gasteiger partial charge in [-0.2, -0.15) is 0 Å². The van der Waals surface area contributed by atoms with Crippen molar-refractivity contribution in [2.45, 2.75) is 37.3 Å². The summed E-state index contributed by atoms with van der Waals surface area (Å²) in [7, 11) is 6.47. The minimum Gasteiger partial charge on any atom is -0.493 e. The number of halogens is 1. The minimum atomic E-state index is -1.00. The average molecular weight is 606 g/mol. The van der Waals surface area contributed by atoms with Gasteiger partial charge in [-0.15, -0.1) is 0 Å². The quantitative estimate of drug-likeness (QED) is 0.313. The molecule has 43 heavy (non-hydrogen) atoms. The number of piperidine rings is 1. The molecule has 10 heteroatoms. The first-order valence-corrected chi connectivity index (χ1v) is 14.8. The van der Waals surface area contributed by atoms with Crippen molar-refractivity contribution in [3.63, 3.8) is 0 Å². The zero-order valence-electron chi connectivity index (χ0n) is 24.9. The highest BCUT2D eigenvalue weighted by molar-refractivity contribution is 6.31. The molecule has 0 aromatic heterocycles. The monoisotopic (exact) mass is 605 g/mol. The Kier molecular flexibility index (Phi) is 7.87. The second-order valence-electron chi connectivity index (χ2n) is 11.2. The first-order chi connectivity index (χ1) is 20.8. The van der Waals surface area contributed by atoms with E-state index in [-0.39, 0.29) is 18.0 Å². The highest BCUT2D eigenvalue weighted by atomic mass is 35.5. The Morgan fingerprint density at radius 2 is 1.51 bits per heavy atom. The molecule has 3 aliphatic heterocycles. The zero-order valence-corrected chi connectivity index (χ0v) is 25.6. The molecule has 2 fully saturated rings. The third kappa shape index (κ3) is 4.94. The number of rotatable bonds is 8. The number of ether oxygens (including phenoxy) is 4. The number of carbonyl (C=O) groups excluding carboxylic acids is 2. The second kappa shape index (κ2) is 11.6. The molecule has 3 amide bonds. The van der Waals surface area contributed by atoms with Crippen LogP contribution in [0.15, 0.2) is 54.6 Å². The van der Waals surface area contributed by atoms with E-state index in [1.54, 1.807) is 57.6 Å². The molecule has 1 spiro atoms. The van der Waals surface area contributed by atoms with Gasteiger partial charge in [0.2, 0.25) is 0 Å². The standard InChI is InChI=1S/C33H36ClN3O6/c1-40-27-10-5-21(17-28(27)41-2)11-15-36-32(39)37(24-8-6-23(34)7-9-24)31(38)33(36)13-16-35-14-12-22-18-29(42-3)30(43-4)19-25(22)26(35)20-33/h5-10,17-19,26H,11-16,20H2,1-4H3/t26-,33+/m1/s1. The molecule has 0 N–H and O–H groups in total. The van der Waals surface area contributed by atoms with Crippen LogP contribution in [0.1, 0.15) is 35.6 Å². The number of imide groups is 1. The largest absolute Gasteiger partial charge is 0.493 e. The molecule has 0 radical (unpaired) electrons. The van der Waals surface area contributed by atoms with Gasteiger partial charge in [0.25, 0.3) is 5.91 Å². The maximum absolute atomic E-state index is 14.5. The van der Waals surface area contributed by atoms with Crippen LogP contribution >= 0.6 is 11.6 Å². The van der Waals surface area contributed by atoms with Gasteiger partial charge >= 0.3 is 6.03 Å². The van der Waals surface area contributed by atoms with Gasteiger partial charge in [-0.1, -0.05) is 17.7 Å². The summed E-state index contributed by atoms with van der Waals surface area (Å²) in [6.45, 7) is 1.94. The summed E-state index contributed by atoms with van der Waals surface area (Å²) in [6, 6.07) is 16.3. The van der Waals surface area contributed by atoms with E-state index in [0.29, 0.717) is 66.1 Å². The maximum atomic E-state index is 14.5. The van der Waals surface area contributed by atoms with Crippen LogP contribution in [0.4, 0.5) is 10.5 Å². The van der Waals surface area contributed by atoms with E-state index in [4.69, 9.17) is 30.5 Å². The Labute approximate surface area is 256 Å². The van der Waals surface area contributed by atoms with Crippen LogP contribution in [0.3, 0.4) is 0 Å². The van der Waals surface area contributed by atoms with Crippen LogP contribution in [0.25, 0.3) is 0 Å². The fourth-order valence-corrected chi connectivity index (χ4v) is 7.02. The molecule has 6 rings (SSSR count). The number of nitrogens with zero attached hydrogens (tertiary/aromatic N) is 3. The molecule has 0 aliphatic carbocycles. The molecule has 3 heterocycles. The summed E-state index contributed by atoms with van der Waals surface area (Å²) in [5.74, 6) is 2.42. The molecule has 3 aromatic carbocycles. The Hall–Kier alpha value is -3.95. The number of hydrogen-bond donors (Lipinski definition) is 0. The molecule has 0 saturated carbocycles. The normalized spacial score (nSPS) is 21.6. The van der Waals surface area contributed by atoms with Crippen LogP contribution in [0.2, 0.25) is 5.02 Å². The lowest BCUT2D eigenvalue weighted by Gasteiger charge is -2.49. The average Bonchev–Trinajstić information content (AvgIpc) is 3.23. The Balaban J connectivity index is 1.38. The molecule has 2 atom stereocenters. The number of hydrogen-bond acceptors (Lipinski definition) is 7. The van der Waals surface area contributed by atoms with Crippen molar-refractivity contribution >= 4 is 29.2 Å². The molecular formula is C33H36ClN3O6. The summed E-state index contributed by atoms with van der Waals surface area (Å²) < 4.78 is 22.1. The molecule has 3 aliphatic rings. The van der Waals surface area contributed by atoms with Gasteiger partial charge in [0.05, 0.1) is 34.1 Å². The third-order valence-corrected chi connectivity index (χ3v) is 9.41. The van der Waals surface area contributed by atoms with E-state index in [1.807, 2.05) is 30.3 Å². The van der Waals surface area contributed by atoms with Gasteiger partial charge in [-0.05, 0) is 90.9 Å². The number of fused-ring (bicyclic) bond motifs is 3. The smallest absolute Gasteiger partial charge is 0.332 e. The third-order valence-electron chi connectivity index (χ3n) is 9.15. The number of carbonyl (C=O) groups is 2. The fraction of sp³-hybridized carbons (Fsp3) is 0.394. The van der Waals surface area contributed by atoms with E-state index < -0.39 is 5.54 Å². The lowest BCUT2D eigenvalue weighted by Crippen LogP contribution is -2.58. The van der Waals surface area contributed by atoms with Crippen molar-refractivity contribution in [1.82, 2.24) is 9.80 Å². The summed E-state index contributed by atoms with van der Waals surface area (Å²) in [4.78, 5) is 34.3. The van der Waals surface area contributed by atoms with Crippen LogP contribution in [0.5, 0.6) is 23.0 Å². The summed E-state index contributed by atoms with van der Waals surface area (Å²) in [5.41, 5.74) is 2.80. The van der Waals surface area contributed by atoms with Crippen molar-refractivity contribution in [2.24, 2.45) is 0 Å². The number of urea groups is 1. The Bertz CT molecular complexity index is 1550. The minimum absolute atomic E-state index is 0.0530. The van der Waals surface area contributed by atoms with Gasteiger partial charge in [-0.3, -0.25) is 9.69 Å². The van der Waals surface area contributed by atoms with Crippen molar-refractivity contribution in [3.8, 4) is 23.0 Å². The molecule has 9 nitrogen and oxygen atoms in total. The van der Waals surface area contributed by atoms with E-state index in [2.05, 4.69) is 4.90 Å². The van der Waals surface area contributed by atoms with Gasteiger partial charge in [0.15, 0.2) is 23.0 Å². The van der Waals surface area contributed by atoms with E-state index >= 15 is 0 Å². The SMILES string of the molecule is COc1ccc(CCN2C(=O)N(c3ccc(Cl)cc3)C(=O)[C@@]23CCN2CCc4cc(OC)c(OC)cc4[C@H]2C3)cc1OC. The van der Waals surface area contributed by atoms with Crippen LogP contribution in [0, 0.1) is 0 Å². The molecule has 0 unspecified atom stereocenters. The molecule has 3 aromatic rings. The lowest BCUT2D eigenvalue weighted by molar-refractivity contribution is -0.129. The van der Waals surface area contributed by atoms with Gasteiger partial charge in [0.1, 0.15) is 5.54 Å². The highest BCUT2D eigenvalue weighted by Gasteiger charge is 2.60. The lowest BCUT2D eigenvalue weighted by atomic mass is 9.76. The van der Waals surface area contributed by atoms with Gasteiger partial charge in [-0.25, -0.2) is 9.69 Å². The first-order valence-electron chi connectivity index (χ1n) is 14.4. The van der Waals surface area contributed by atoms with Gasteiger partial charge < -0.3 is 23.8 Å². The summed E-state index contributed by atoms with van der Waals surface area (Å²) in [5, 5.41) is 0.541. The van der Waals surface area contributed by atoms with Gasteiger partial charge in [0, 0.05) is 30.7 Å². The highest BCUT2D eigenvalue weighted by Crippen LogP contribution is 2.49. The van der Waals surface area contributed by atoms with Crippen LogP contribution in [-0.2, 0) is 17.6 Å².